The highest BCUT2D eigenvalue weighted by Crippen LogP contribution is 2.24. The molecule has 0 spiro atoms. The third kappa shape index (κ3) is 4.91. The number of nitrogens with zero attached hydrogens (tertiary/aromatic N) is 2. The number of carbonyl (C=O) groups is 2. The highest BCUT2D eigenvalue weighted by molar-refractivity contribution is 7.12. The molecule has 2 heterocycles. The summed E-state index contributed by atoms with van der Waals surface area (Å²) in [5.41, 5.74) is 3.38. The largest absolute Gasteiger partial charge is 0.495 e. The second kappa shape index (κ2) is 9.20. The van der Waals surface area contributed by atoms with Crippen molar-refractivity contribution in [2.75, 3.05) is 19.0 Å². The minimum Gasteiger partial charge on any atom is -0.495 e. The number of ether oxygens (including phenoxy) is 2. The van der Waals surface area contributed by atoms with E-state index in [-0.39, 0.29) is 6.61 Å². The van der Waals surface area contributed by atoms with Crippen LogP contribution >= 0.6 is 11.3 Å². The predicted molar refractivity (Wildman–Crippen MR) is 113 cm³/mol. The standard InChI is InChI=1S/C21H21N3O4S/c1-14-12-16(15(2)24(14)21-22-10-11-29-21)8-9-20(26)28-13-19(25)23-17-6-4-5-7-18(17)27-3/h4-12H,13H2,1-3H3,(H,23,25)/b9-8+. The van der Waals surface area contributed by atoms with E-state index in [1.54, 1.807) is 36.5 Å². The molecule has 1 aromatic carbocycles. The number of rotatable bonds is 7. The molecule has 7 nitrogen and oxygen atoms in total. The van der Waals surface area contributed by atoms with Gasteiger partial charge in [0.1, 0.15) is 5.75 Å². The Morgan fingerprint density at radius 3 is 2.79 bits per heavy atom. The van der Waals surface area contributed by atoms with Crippen LogP contribution < -0.4 is 10.1 Å². The summed E-state index contributed by atoms with van der Waals surface area (Å²) in [6, 6.07) is 8.97. The van der Waals surface area contributed by atoms with Gasteiger partial charge in [-0.3, -0.25) is 9.36 Å². The second-order valence-electron chi connectivity index (χ2n) is 6.17. The van der Waals surface area contributed by atoms with E-state index in [1.807, 2.05) is 29.9 Å². The number of para-hydroxylation sites is 2. The molecule has 0 aliphatic rings. The van der Waals surface area contributed by atoms with Crippen molar-refractivity contribution in [3.05, 3.63) is 64.9 Å². The lowest BCUT2D eigenvalue weighted by Crippen LogP contribution is -2.20. The summed E-state index contributed by atoms with van der Waals surface area (Å²) in [7, 11) is 1.52. The smallest absolute Gasteiger partial charge is 0.331 e. The van der Waals surface area contributed by atoms with E-state index < -0.39 is 11.9 Å². The molecule has 1 N–H and O–H groups in total. The Morgan fingerprint density at radius 1 is 1.28 bits per heavy atom. The lowest BCUT2D eigenvalue weighted by atomic mass is 10.2. The van der Waals surface area contributed by atoms with Crippen molar-refractivity contribution in [2.24, 2.45) is 0 Å². The van der Waals surface area contributed by atoms with E-state index >= 15 is 0 Å². The third-order valence-corrected chi connectivity index (χ3v) is 4.96. The SMILES string of the molecule is COc1ccccc1NC(=O)COC(=O)/C=C/c1cc(C)n(-c2nccs2)c1C. The van der Waals surface area contributed by atoms with Gasteiger partial charge in [-0.15, -0.1) is 11.3 Å². The zero-order valence-corrected chi connectivity index (χ0v) is 17.2. The lowest BCUT2D eigenvalue weighted by molar-refractivity contribution is -0.142. The van der Waals surface area contributed by atoms with Gasteiger partial charge in [0.2, 0.25) is 0 Å². The van der Waals surface area contributed by atoms with Crippen LogP contribution in [0, 0.1) is 13.8 Å². The topological polar surface area (TPSA) is 82.5 Å². The fourth-order valence-corrected chi connectivity index (χ4v) is 3.61. The van der Waals surface area contributed by atoms with E-state index in [0.29, 0.717) is 11.4 Å². The molecule has 0 fully saturated rings. The van der Waals surface area contributed by atoms with E-state index in [0.717, 1.165) is 22.1 Å². The molecule has 0 radical (unpaired) electrons. The van der Waals surface area contributed by atoms with Crippen LogP contribution in [0.4, 0.5) is 5.69 Å². The monoisotopic (exact) mass is 411 g/mol. The molecule has 0 bridgehead atoms. The summed E-state index contributed by atoms with van der Waals surface area (Å²) in [6.07, 6.45) is 4.74. The Labute approximate surface area is 172 Å². The molecule has 0 aliphatic heterocycles. The Bertz CT molecular complexity index is 1040. The van der Waals surface area contributed by atoms with E-state index in [9.17, 15) is 9.59 Å². The first-order chi connectivity index (χ1) is 14.0. The number of amides is 1. The van der Waals surface area contributed by atoms with Crippen LogP contribution in [0.1, 0.15) is 17.0 Å². The van der Waals surface area contributed by atoms with E-state index in [4.69, 9.17) is 9.47 Å². The molecule has 3 aromatic rings. The Morgan fingerprint density at radius 2 is 2.07 bits per heavy atom. The van der Waals surface area contributed by atoms with Gasteiger partial charge in [0.05, 0.1) is 12.8 Å². The molecule has 29 heavy (non-hydrogen) atoms. The number of anilines is 1. The van der Waals surface area contributed by atoms with Gasteiger partial charge in [0.25, 0.3) is 5.91 Å². The lowest BCUT2D eigenvalue weighted by Gasteiger charge is -2.09. The summed E-state index contributed by atoms with van der Waals surface area (Å²) >= 11 is 1.54. The molecule has 0 unspecified atom stereocenters. The van der Waals surface area contributed by atoms with Gasteiger partial charge in [-0.1, -0.05) is 12.1 Å². The van der Waals surface area contributed by atoms with Gasteiger partial charge in [-0.2, -0.15) is 0 Å². The summed E-state index contributed by atoms with van der Waals surface area (Å²) in [5, 5.41) is 5.44. The van der Waals surface area contributed by atoms with Gasteiger partial charge in [0.15, 0.2) is 11.7 Å². The van der Waals surface area contributed by atoms with Gasteiger partial charge in [-0.25, -0.2) is 9.78 Å². The van der Waals surface area contributed by atoms with Crippen molar-refractivity contribution < 1.29 is 19.1 Å². The molecule has 8 heteroatoms. The molecule has 1 amide bonds. The maximum atomic E-state index is 12.0. The average Bonchev–Trinajstić information content (AvgIpc) is 3.32. The number of aryl methyl sites for hydroxylation is 1. The zero-order valence-electron chi connectivity index (χ0n) is 16.3. The number of hydrogen-bond donors (Lipinski definition) is 1. The molecule has 2 aromatic heterocycles. The first kappa shape index (κ1) is 20.3. The number of hydrogen-bond acceptors (Lipinski definition) is 6. The summed E-state index contributed by atoms with van der Waals surface area (Å²) < 4.78 is 12.2. The normalized spacial score (nSPS) is 10.9. The highest BCUT2D eigenvalue weighted by Gasteiger charge is 2.12. The number of esters is 1. The van der Waals surface area contributed by atoms with Crippen LogP contribution in [-0.2, 0) is 14.3 Å². The predicted octanol–water partition coefficient (Wildman–Crippen LogP) is 3.75. The van der Waals surface area contributed by atoms with Crippen LogP contribution in [0.3, 0.4) is 0 Å². The summed E-state index contributed by atoms with van der Waals surface area (Å²) in [4.78, 5) is 28.3. The number of aromatic nitrogens is 2. The fraction of sp³-hybridized carbons (Fsp3) is 0.190. The van der Waals surface area contributed by atoms with Gasteiger partial charge >= 0.3 is 5.97 Å². The first-order valence-corrected chi connectivity index (χ1v) is 9.74. The van der Waals surface area contributed by atoms with Crippen LogP contribution in [-0.4, -0.2) is 35.1 Å². The van der Waals surface area contributed by atoms with Crippen molar-refractivity contribution in [3.8, 4) is 10.9 Å². The van der Waals surface area contributed by atoms with Crippen molar-refractivity contribution in [1.29, 1.82) is 0 Å². The van der Waals surface area contributed by atoms with Crippen LogP contribution in [0.5, 0.6) is 5.75 Å². The average molecular weight is 411 g/mol. The molecule has 150 valence electrons. The first-order valence-electron chi connectivity index (χ1n) is 8.86. The number of nitrogens with one attached hydrogen (secondary N) is 1. The van der Waals surface area contributed by atoms with Crippen molar-refractivity contribution in [2.45, 2.75) is 13.8 Å². The molecule has 0 aliphatic carbocycles. The van der Waals surface area contributed by atoms with Gasteiger partial charge < -0.3 is 14.8 Å². The van der Waals surface area contributed by atoms with Gasteiger partial charge in [0, 0.05) is 29.0 Å². The van der Waals surface area contributed by atoms with E-state index in [1.165, 1.54) is 24.5 Å². The fourth-order valence-electron chi connectivity index (χ4n) is 2.85. The molecule has 0 atom stereocenters. The molecular formula is C21H21N3O4S. The molecule has 0 saturated heterocycles. The van der Waals surface area contributed by atoms with Crippen LogP contribution in [0.25, 0.3) is 11.2 Å². The third-order valence-electron chi connectivity index (χ3n) is 4.21. The Balaban J connectivity index is 1.58. The summed E-state index contributed by atoms with van der Waals surface area (Å²) in [6.45, 7) is 3.55. The van der Waals surface area contributed by atoms with Crippen molar-refractivity contribution in [3.63, 3.8) is 0 Å². The van der Waals surface area contributed by atoms with Gasteiger partial charge in [-0.05, 0) is 43.7 Å². The number of methoxy groups -OCH3 is 1. The summed E-state index contributed by atoms with van der Waals surface area (Å²) in [5.74, 6) is -0.514. The Hall–Kier alpha value is -3.39. The Kier molecular flexibility index (Phi) is 6.46. The molecule has 0 saturated carbocycles. The molecule has 3 rings (SSSR count). The van der Waals surface area contributed by atoms with E-state index in [2.05, 4.69) is 10.3 Å². The quantitative estimate of drug-likeness (QED) is 0.473. The zero-order chi connectivity index (χ0) is 20.8. The van der Waals surface area contributed by atoms with Crippen LogP contribution in [0.15, 0.2) is 48.0 Å². The minimum absolute atomic E-state index is 0.390. The maximum Gasteiger partial charge on any atom is 0.331 e. The van der Waals surface area contributed by atoms with Crippen molar-refractivity contribution in [1.82, 2.24) is 9.55 Å². The minimum atomic E-state index is -0.598. The van der Waals surface area contributed by atoms with Crippen LogP contribution in [0.2, 0.25) is 0 Å². The maximum absolute atomic E-state index is 12.0. The number of carbonyl (C=O) groups excluding carboxylic acids is 2. The van der Waals surface area contributed by atoms with Crippen molar-refractivity contribution >= 4 is 35.0 Å². The second-order valence-corrected chi connectivity index (χ2v) is 7.04. The number of thiazole rings is 1. The number of benzene rings is 1. The molecular weight excluding hydrogens is 390 g/mol. The highest BCUT2D eigenvalue weighted by atomic mass is 32.1.